The number of carboxylic acid groups (broad SMARTS) is 1. The summed E-state index contributed by atoms with van der Waals surface area (Å²) in [6, 6.07) is 8.23. The molecule has 0 aliphatic carbocycles. The van der Waals surface area contributed by atoms with Crippen LogP contribution in [0.25, 0.3) is 0 Å². The van der Waals surface area contributed by atoms with Gasteiger partial charge >= 0.3 is 12.1 Å². The number of nitrogens with zero attached hydrogens (tertiary/aromatic N) is 1. The van der Waals surface area contributed by atoms with E-state index in [0.717, 1.165) is 5.56 Å². The lowest BCUT2D eigenvalue weighted by molar-refractivity contribution is -0.141. The zero-order chi connectivity index (χ0) is 22.8. The van der Waals surface area contributed by atoms with Crippen LogP contribution in [0.4, 0.5) is 4.79 Å². The third-order valence-corrected chi connectivity index (χ3v) is 4.60. The van der Waals surface area contributed by atoms with Crippen molar-refractivity contribution in [2.75, 3.05) is 6.54 Å². The van der Waals surface area contributed by atoms with Crippen LogP contribution in [0.1, 0.15) is 38.7 Å². The molecule has 168 valence electrons. The summed E-state index contributed by atoms with van der Waals surface area (Å²) in [5.41, 5.74) is 1.53. The molecule has 0 saturated carbocycles. The Morgan fingerprint density at radius 3 is 2.61 bits per heavy atom. The summed E-state index contributed by atoms with van der Waals surface area (Å²) in [5, 5.41) is 17.8. The maximum absolute atomic E-state index is 12.2. The first-order chi connectivity index (χ1) is 14.7. The molecule has 0 saturated heterocycles. The summed E-state index contributed by atoms with van der Waals surface area (Å²) in [7, 11) is 0. The number of alkyl carbamates (subject to hydrolysis) is 1. The van der Waals surface area contributed by atoms with Gasteiger partial charge in [-0.05, 0) is 24.8 Å². The molecule has 2 amide bonds. The molecule has 1 aliphatic rings. The number of carbonyl (C=O) groups is 4. The van der Waals surface area contributed by atoms with Crippen molar-refractivity contribution in [3.8, 4) is 0 Å². The number of benzene rings is 1. The fraction of sp³-hybridized carbons (Fsp3) is 0.476. The Hall–Kier alpha value is -3.43. The summed E-state index contributed by atoms with van der Waals surface area (Å²) in [4.78, 5) is 51.5. The van der Waals surface area contributed by atoms with E-state index in [1.165, 1.54) is 6.92 Å². The molecular weight excluding hydrogens is 406 g/mol. The van der Waals surface area contributed by atoms with E-state index in [9.17, 15) is 19.2 Å². The van der Waals surface area contributed by atoms with Gasteiger partial charge in [-0.2, -0.15) is 0 Å². The molecule has 10 heteroatoms. The number of hydrogen-bond donors (Lipinski definition) is 3. The molecule has 3 N–H and O–H groups in total. The van der Waals surface area contributed by atoms with Crippen molar-refractivity contribution < 1.29 is 33.9 Å². The highest BCUT2D eigenvalue weighted by molar-refractivity contribution is 5.96. The Morgan fingerprint density at radius 2 is 1.97 bits per heavy atom. The second kappa shape index (κ2) is 11.7. The molecule has 31 heavy (non-hydrogen) atoms. The monoisotopic (exact) mass is 433 g/mol. The Bertz CT molecular complexity index is 826. The van der Waals surface area contributed by atoms with Gasteiger partial charge in [0, 0.05) is 13.0 Å². The minimum absolute atomic E-state index is 0.0189. The highest BCUT2D eigenvalue weighted by Gasteiger charge is 2.31. The van der Waals surface area contributed by atoms with Gasteiger partial charge in [-0.1, -0.05) is 42.4 Å². The molecule has 10 nitrogen and oxygen atoms in total. The van der Waals surface area contributed by atoms with E-state index in [-0.39, 0.29) is 18.9 Å². The number of hydrogen-bond acceptors (Lipinski definition) is 7. The van der Waals surface area contributed by atoms with E-state index in [4.69, 9.17) is 14.7 Å². The number of Topliss-reactive ketones (excluding diaryl/α,β-unsaturated/α-hetero) is 1. The molecule has 2 unspecified atom stereocenters. The molecule has 2 rings (SSSR count). The number of carboxylic acids is 1. The number of nitrogens with one attached hydrogen (secondary N) is 2. The zero-order valence-electron chi connectivity index (χ0n) is 17.5. The quantitative estimate of drug-likeness (QED) is 0.481. The minimum atomic E-state index is -1.19. The van der Waals surface area contributed by atoms with Crippen molar-refractivity contribution in [3.05, 3.63) is 35.9 Å². The fourth-order valence-electron chi connectivity index (χ4n) is 2.93. The van der Waals surface area contributed by atoms with Gasteiger partial charge in [0.1, 0.15) is 6.61 Å². The lowest BCUT2D eigenvalue weighted by Gasteiger charge is -2.16. The van der Waals surface area contributed by atoms with Crippen LogP contribution in [0.3, 0.4) is 0 Å². The van der Waals surface area contributed by atoms with Gasteiger partial charge in [0.25, 0.3) is 5.91 Å². The summed E-state index contributed by atoms with van der Waals surface area (Å²) in [6.07, 6.45) is -1.21. The number of rotatable bonds is 11. The third-order valence-electron chi connectivity index (χ3n) is 4.60. The van der Waals surface area contributed by atoms with Crippen molar-refractivity contribution in [3.63, 3.8) is 0 Å². The van der Waals surface area contributed by atoms with Gasteiger partial charge in [0.05, 0.1) is 18.2 Å². The largest absolute Gasteiger partial charge is 0.481 e. The van der Waals surface area contributed by atoms with Crippen LogP contribution < -0.4 is 10.6 Å². The van der Waals surface area contributed by atoms with Crippen LogP contribution in [-0.2, 0) is 30.6 Å². The molecule has 1 aliphatic heterocycles. The number of amides is 2. The van der Waals surface area contributed by atoms with E-state index >= 15 is 0 Å². The maximum Gasteiger partial charge on any atom is 0.407 e. The van der Waals surface area contributed by atoms with E-state index < -0.39 is 42.3 Å². The highest BCUT2D eigenvalue weighted by atomic mass is 16.6. The van der Waals surface area contributed by atoms with Crippen LogP contribution in [-0.4, -0.2) is 53.3 Å². The SMILES string of the molecule is CC(=O)[C@H](CC(=O)O)NC(=O)C1CC(CC(C)CNC(=O)OCc2ccccc2)=NO1. The summed E-state index contributed by atoms with van der Waals surface area (Å²) in [6.45, 7) is 3.66. The summed E-state index contributed by atoms with van der Waals surface area (Å²) < 4.78 is 5.15. The van der Waals surface area contributed by atoms with Crippen LogP contribution in [0.2, 0.25) is 0 Å². The summed E-state index contributed by atoms with van der Waals surface area (Å²) >= 11 is 0. The highest BCUT2D eigenvalue weighted by Crippen LogP contribution is 2.17. The first-order valence-electron chi connectivity index (χ1n) is 9.93. The smallest absolute Gasteiger partial charge is 0.407 e. The number of aliphatic carboxylic acids is 1. The van der Waals surface area contributed by atoms with Crippen molar-refractivity contribution >= 4 is 29.5 Å². The molecule has 1 aromatic carbocycles. The second-order valence-electron chi connectivity index (χ2n) is 7.48. The third kappa shape index (κ3) is 8.45. The molecule has 3 atom stereocenters. The molecule has 1 aromatic rings. The molecular formula is C21H27N3O7. The number of oxime groups is 1. The molecule has 0 radical (unpaired) electrons. The van der Waals surface area contributed by atoms with Crippen LogP contribution >= 0.6 is 0 Å². The normalized spacial score (nSPS) is 17.0. The Balaban J connectivity index is 1.69. The molecule has 0 aromatic heterocycles. The van der Waals surface area contributed by atoms with Crippen molar-refractivity contribution in [1.82, 2.24) is 10.6 Å². The average Bonchev–Trinajstić information content (AvgIpc) is 3.19. The summed E-state index contributed by atoms with van der Waals surface area (Å²) in [5.74, 6) is -2.21. The van der Waals surface area contributed by atoms with Crippen molar-refractivity contribution in [2.45, 2.75) is 51.9 Å². The first-order valence-corrected chi connectivity index (χ1v) is 9.93. The van der Waals surface area contributed by atoms with Crippen molar-refractivity contribution in [1.29, 1.82) is 0 Å². The standard InChI is InChI=1S/C21H27N3O7/c1-13(11-22-21(29)30-12-15-6-4-3-5-7-15)8-16-9-18(31-24-16)20(28)23-17(14(2)25)10-19(26)27/h3-7,13,17-18H,8-12H2,1-2H3,(H,22,29)(H,23,28)(H,26,27)/t13?,17-,18?/m0/s1. The van der Waals surface area contributed by atoms with Crippen LogP contribution in [0.5, 0.6) is 0 Å². The fourth-order valence-corrected chi connectivity index (χ4v) is 2.93. The second-order valence-corrected chi connectivity index (χ2v) is 7.48. The number of carbonyl (C=O) groups excluding carboxylic acids is 3. The Morgan fingerprint density at radius 1 is 1.26 bits per heavy atom. The van der Waals surface area contributed by atoms with E-state index in [2.05, 4.69) is 15.8 Å². The van der Waals surface area contributed by atoms with Gasteiger partial charge in [0.15, 0.2) is 5.78 Å². The molecule has 1 heterocycles. The van der Waals surface area contributed by atoms with Gasteiger partial charge < -0.3 is 25.3 Å². The van der Waals surface area contributed by atoms with Gasteiger partial charge in [-0.3, -0.25) is 14.4 Å². The van der Waals surface area contributed by atoms with Crippen molar-refractivity contribution in [2.24, 2.45) is 11.1 Å². The molecule has 0 fully saturated rings. The topological polar surface area (TPSA) is 143 Å². The van der Waals surface area contributed by atoms with E-state index in [0.29, 0.717) is 18.7 Å². The molecule has 0 spiro atoms. The van der Waals surface area contributed by atoms with Gasteiger partial charge in [-0.15, -0.1) is 0 Å². The molecule has 0 bridgehead atoms. The Kier molecular flexibility index (Phi) is 8.98. The van der Waals surface area contributed by atoms with E-state index in [1.807, 2.05) is 37.3 Å². The van der Waals surface area contributed by atoms with E-state index in [1.54, 1.807) is 0 Å². The Labute approximate surface area is 180 Å². The lowest BCUT2D eigenvalue weighted by Crippen LogP contribution is -2.45. The number of ether oxygens (including phenoxy) is 1. The lowest BCUT2D eigenvalue weighted by atomic mass is 10.0. The maximum atomic E-state index is 12.2. The average molecular weight is 433 g/mol. The number of ketones is 1. The first kappa shape index (κ1) is 23.8. The van der Waals surface area contributed by atoms with Crippen LogP contribution in [0.15, 0.2) is 35.5 Å². The van der Waals surface area contributed by atoms with Gasteiger partial charge in [0.2, 0.25) is 6.10 Å². The minimum Gasteiger partial charge on any atom is -0.481 e. The zero-order valence-corrected chi connectivity index (χ0v) is 17.5. The predicted octanol–water partition coefficient (Wildman–Crippen LogP) is 1.63. The predicted molar refractivity (Wildman–Crippen MR) is 110 cm³/mol. The van der Waals surface area contributed by atoms with Gasteiger partial charge in [-0.25, -0.2) is 4.79 Å². The van der Waals surface area contributed by atoms with Crippen LogP contribution in [0, 0.1) is 5.92 Å².